The Bertz CT molecular complexity index is 374. The highest BCUT2D eigenvalue weighted by Crippen LogP contribution is 2.18. The maximum atomic E-state index is 12.2. The van der Waals surface area contributed by atoms with Crippen LogP contribution in [0.3, 0.4) is 0 Å². The quantitative estimate of drug-likeness (QED) is 0.829. The van der Waals surface area contributed by atoms with E-state index in [0.29, 0.717) is 17.3 Å². The van der Waals surface area contributed by atoms with Crippen LogP contribution in [0.5, 0.6) is 0 Å². The first-order chi connectivity index (χ1) is 8.52. The number of pyridine rings is 1. The largest absolute Gasteiger partial charge is 0.370 e. The summed E-state index contributed by atoms with van der Waals surface area (Å²) in [5.74, 6) is 0.724. The average molecular weight is 278 g/mol. The van der Waals surface area contributed by atoms with Crippen molar-refractivity contribution in [2.45, 2.75) is 26.3 Å². The Morgan fingerprint density at radius 2 is 2.17 bits per heavy atom. The molecule has 0 aliphatic rings. The van der Waals surface area contributed by atoms with Crippen molar-refractivity contribution in [3.8, 4) is 0 Å². The molecule has 0 saturated heterocycles. The number of nitrogens with zero attached hydrogens (tertiary/aromatic N) is 2. The van der Waals surface area contributed by atoms with Crippen LogP contribution in [-0.4, -0.2) is 36.4 Å². The summed E-state index contributed by atoms with van der Waals surface area (Å²) in [6.07, 6.45) is -1.36. The van der Waals surface area contributed by atoms with E-state index >= 15 is 0 Å². The summed E-state index contributed by atoms with van der Waals surface area (Å²) >= 11 is 6.01. The fourth-order valence-electron chi connectivity index (χ4n) is 1.50. The molecule has 3 nitrogen and oxygen atoms in total. The molecule has 0 saturated carbocycles. The lowest BCUT2D eigenvalue weighted by atomic mass is 10.3. The third kappa shape index (κ3) is 5.14. The van der Waals surface area contributed by atoms with Crippen molar-refractivity contribution in [2.24, 2.45) is 0 Å². The van der Waals surface area contributed by atoms with E-state index in [9.17, 15) is 8.78 Å². The van der Waals surface area contributed by atoms with Gasteiger partial charge in [0.25, 0.3) is 6.43 Å². The SMILES string of the molecule is CCCNc1ccc(Cl)c(CN(C)CC(F)F)n1. The van der Waals surface area contributed by atoms with Gasteiger partial charge >= 0.3 is 0 Å². The first-order valence-corrected chi connectivity index (χ1v) is 6.26. The van der Waals surface area contributed by atoms with E-state index < -0.39 is 6.43 Å². The minimum atomic E-state index is -2.35. The van der Waals surface area contributed by atoms with Crippen LogP contribution in [0.2, 0.25) is 5.02 Å². The summed E-state index contributed by atoms with van der Waals surface area (Å²) in [4.78, 5) is 5.83. The summed E-state index contributed by atoms with van der Waals surface area (Å²) in [6.45, 7) is 2.90. The van der Waals surface area contributed by atoms with Crippen molar-refractivity contribution in [3.63, 3.8) is 0 Å². The fourth-order valence-corrected chi connectivity index (χ4v) is 1.67. The smallest absolute Gasteiger partial charge is 0.251 e. The zero-order chi connectivity index (χ0) is 13.5. The Morgan fingerprint density at radius 3 is 2.78 bits per heavy atom. The molecule has 1 N–H and O–H groups in total. The molecule has 0 aliphatic heterocycles. The first kappa shape index (κ1) is 15.1. The highest BCUT2D eigenvalue weighted by Gasteiger charge is 2.11. The Morgan fingerprint density at radius 1 is 1.44 bits per heavy atom. The van der Waals surface area contributed by atoms with Gasteiger partial charge in [-0.2, -0.15) is 0 Å². The van der Waals surface area contributed by atoms with Gasteiger partial charge in [-0.05, 0) is 25.6 Å². The number of hydrogen-bond donors (Lipinski definition) is 1. The number of alkyl halides is 2. The molecule has 0 aliphatic carbocycles. The molecule has 1 rings (SSSR count). The van der Waals surface area contributed by atoms with Crippen LogP contribution >= 0.6 is 11.6 Å². The van der Waals surface area contributed by atoms with Gasteiger partial charge in [-0.25, -0.2) is 13.8 Å². The van der Waals surface area contributed by atoms with Crippen LogP contribution < -0.4 is 5.32 Å². The predicted molar refractivity (Wildman–Crippen MR) is 70.4 cm³/mol. The van der Waals surface area contributed by atoms with Crippen LogP contribution in [0.4, 0.5) is 14.6 Å². The highest BCUT2D eigenvalue weighted by atomic mass is 35.5. The number of hydrogen-bond acceptors (Lipinski definition) is 3. The van der Waals surface area contributed by atoms with Crippen LogP contribution in [-0.2, 0) is 6.54 Å². The van der Waals surface area contributed by atoms with E-state index in [-0.39, 0.29) is 6.54 Å². The first-order valence-electron chi connectivity index (χ1n) is 5.89. The number of nitrogens with one attached hydrogen (secondary N) is 1. The Hall–Kier alpha value is -0.940. The molecule has 0 aromatic carbocycles. The fraction of sp³-hybridized carbons (Fsp3) is 0.583. The minimum absolute atomic E-state index is 0.287. The van der Waals surface area contributed by atoms with E-state index in [4.69, 9.17) is 11.6 Å². The topological polar surface area (TPSA) is 28.2 Å². The van der Waals surface area contributed by atoms with Crippen molar-refractivity contribution in [2.75, 3.05) is 25.5 Å². The van der Waals surface area contributed by atoms with Gasteiger partial charge in [0.05, 0.1) is 17.3 Å². The van der Waals surface area contributed by atoms with E-state index in [1.807, 2.05) is 0 Å². The number of halogens is 3. The summed E-state index contributed by atoms with van der Waals surface area (Å²) in [5.41, 5.74) is 0.612. The van der Waals surface area contributed by atoms with E-state index in [1.165, 1.54) is 4.90 Å². The van der Waals surface area contributed by atoms with Crippen molar-refractivity contribution >= 4 is 17.4 Å². The monoisotopic (exact) mass is 277 g/mol. The predicted octanol–water partition coefficient (Wildman–Crippen LogP) is 3.25. The van der Waals surface area contributed by atoms with Gasteiger partial charge in [-0.15, -0.1) is 0 Å². The second kappa shape index (κ2) is 7.48. The molecule has 0 radical (unpaired) electrons. The minimum Gasteiger partial charge on any atom is -0.370 e. The third-order valence-corrected chi connectivity index (χ3v) is 2.69. The van der Waals surface area contributed by atoms with E-state index in [1.54, 1.807) is 19.2 Å². The highest BCUT2D eigenvalue weighted by molar-refractivity contribution is 6.31. The van der Waals surface area contributed by atoms with Gasteiger partial charge in [0.1, 0.15) is 5.82 Å². The lowest BCUT2D eigenvalue weighted by molar-refractivity contribution is 0.0971. The summed E-state index contributed by atoms with van der Waals surface area (Å²) in [5, 5.41) is 3.64. The molecular formula is C12H18ClF2N3. The summed E-state index contributed by atoms with van der Waals surface area (Å²) in [6, 6.07) is 3.52. The van der Waals surface area contributed by atoms with Crippen LogP contribution in [0.1, 0.15) is 19.0 Å². The lowest BCUT2D eigenvalue weighted by Crippen LogP contribution is -2.24. The molecule has 18 heavy (non-hydrogen) atoms. The maximum absolute atomic E-state index is 12.2. The molecule has 6 heteroatoms. The van der Waals surface area contributed by atoms with E-state index in [0.717, 1.165) is 18.8 Å². The van der Waals surface area contributed by atoms with Gasteiger partial charge < -0.3 is 5.32 Å². The third-order valence-electron chi connectivity index (χ3n) is 2.34. The Labute approximate surface area is 111 Å². The second-order valence-electron chi connectivity index (χ2n) is 4.14. The van der Waals surface area contributed by atoms with E-state index in [2.05, 4.69) is 17.2 Å². The number of rotatable bonds is 7. The normalized spacial score (nSPS) is 11.3. The summed E-state index contributed by atoms with van der Waals surface area (Å²) < 4.78 is 24.5. The molecule has 1 aromatic rings. The zero-order valence-corrected chi connectivity index (χ0v) is 11.3. The van der Waals surface area contributed by atoms with Crippen molar-refractivity contribution in [1.82, 2.24) is 9.88 Å². The van der Waals surface area contributed by atoms with Gasteiger partial charge in [0.15, 0.2) is 0 Å². The number of aromatic nitrogens is 1. The van der Waals surface area contributed by atoms with Gasteiger partial charge in [0, 0.05) is 13.1 Å². The van der Waals surface area contributed by atoms with Gasteiger partial charge in [-0.1, -0.05) is 18.5 Å². The van der Waals surface area contributed by atoms with Gasteiger partial charge in [-0.3, -0.25) is 4.90 Å². The van der Waals surface area contributed by atoms with Crippen LogP contribution in [0.25, 0.3) is 0 Å². The molecule has 102 valence electrons. The van der Waals surface area contributed by atoms with Crippen molar-refractivity contribution in [3.05, 3.63) is 22.8 Å². The molecule has 0 bridgehead atoms. The summed E-state index contributed by atoms with van der Waals surface area (Å²) in [7, 11) is 1.62. The Kier molecular flexibility index (Phi) is 6.29. The molecule has 0 spiro atoms. The standard InChI is InChI=1S/C12H18ClF2N3/c1-3-6-16-12-5-4-9(13)10(17-12)7-18(2)8-11(14)15/h4-5,11H,3,6-8H2,1-2H3,(H,16,17). The molecule has 0 unspecified atom stereocenters. The molecular weight excluding hydrogens is 260 g/mol. The second-order valence-corrected chi connectivity index (χ2v) is 4.55. The molecule has 1 heterocycles. The molecule has 0 fully saturated rings. The Balaban J connectivity index is 2.68. The lowest BCUT2D eigenvalue weighted by Gasteiger charge is -2.16. The number of anilines is 1. The van der Waals surface area contributed by atoms with Crippen LogP contribution in [0, 0.1) is 0 Å². The zero-order valence-electron chi connectivity index (χ0n) is 10.6. The van der Waals surface area contributed by atoms with Crippen molar-refractivity contribution in [1.29, 1.82) is 0 Å². The average Bonchev–Trinajstić information content (AvgIpc) is 2.29. The van der Waals surface area contributed by atoms with Crippen molar-refractivity contribution < 1.29 is 8.78 Å². The molecule has 1 aromatic heterocycles. The molecule has 0 amide bonds. The molecule has 0 atom stereocenters. The maximum Gasteiger partial charge on any atom is 0.251 e. The van der Waals surface area contributed by atoms with Crippen LogP contribution in [0.15, 0.2) is 12.1 Å². The van der Waals surface area contributed by atoms with Gasteiger partial charge in [0.2, 0.25) is 0 Å².